The van der Waals surface area contributed by atoms with Gasteiger partial charge in [0, 0.05) is 31.7 Å². The van der Waals surface area contributed by atoms with Crippen molar-refractivity contribution in [2.75, 3.05) is 20.3 Å². The van der Waals surface area contributed by atoms with Crippen LogP contribution in [0.25, 0.3) is 0 Å². The van der Waals surface area contributed by atoms with Crippen LogP contribution in [0, 0.1) is 5.41 Å². The Bertz CT molecular complexity index is 224. The predicted octanol–water partition coefficient (Wildman–Crippen LogP) is 1.96. The zero-order chi connectivity index (χ0) is 11.6. The van der Waals surface area contributed by atoms with Gasteiger partial charge in [0.25, 0.3) is 0 Å². The number of hydrogen-bond donors (Lipinski definition) is 1. The molecular weight excluding hydrogens is 202 g/mol. The van der Waals surface area contributed by atoms with Gasteiger partial charge in [-0.15, -0.1) is 0 Å². The number of rotatable bonds is 4. The van der Waals surface area contributed by atoms with E-state index in [1.165, 1.54) is 19.3 Å². The van der Waals surface area contributed by atoms with E-state index in [1.54, 1.807) is 0 Å². The van der Waals surface area contributed by atoms with E-state index in [4.69, 9.17) is 9.47 Å². The zero-order valence-corrected chi connectivity index (χ0v) is 10.8. The number of nitrogens with one attached hydrogen (secondary N) is 1. The minimum atomic E-state index is 0.267. The highest BCUT2D eigenvalue weighted by Gasteiger charge is 2.48. The first-order valence-corrected chi connectivity index (χ1v) is 6.52. The minimum absolute atomic E-state index is 0.267. The molecule has 0 aromatic rings. The van der Waals surface area contributed by atoms with Crippen molar-refractivity contribution in [2.24, 2.45) is 5.41 Å². The lowest BCUT2D eigenvalue weighted by atomic mass is 9.64. The van der Waals surface area contributed by atoms with Gasteiger partial charge in [-0.3, -0.25) is 0 Å². The van der Waals surface area contributed by atoms with Crippen LogP contribution < -0.4 is 5.32 Å². The number of methoxy groups -OCH3 is 1. The Morgan fingerprint density at radius 2 is 2.19 bits per heavy atom. The van der Waals surface area contributed by atoms with E-state index in [1.807, 2.05) is 7.11 Å². The molecule has 3 nitrogen and oxygen atoms in total. The van der Waals surface area contributed by atoms with Crippen LogP contribution in [-0.2, 0) is 9.47 Å². The van der Waals surface area contributed by atoms with Crippen LogP contribution in [0.2, 0.25) is 0 Å². The van der Waals surface area contributed by atoms with Crippen LogP contribution in [0.5, 0.6) is 0 Å². The van der Waals surface area contributed by atoms with E-state index < -0.39 is 0 Å². The molecule has 16 heavy (non-hydrogen) atoms. The summed E-state index contributed by atoms with van der Waals surface area (Å²) in [5, 5.41) is 3.64. The van der Waals surface area contributed by atoms with Crippen molar-refractivity contribution in [1.82, 2.24) is 5.32 Å². The van der Waals surface area contributed by atoms with E-state index >= 15 is 0 Å². The molecule has 0 aromatic heterocycles. The molecule has 2 aliphatic rings. The molecular formula is C13H25NO2. The second kappa shape index (κ2) is 5.03. The molecule has 3 heteroatoms. The first-order chi connectivity index (χ1) is 7.64. The Morgan fingerprint density at radius 3 is 2.75 bits per heavy atom. The SMILES string of the molecule is COC1CC(NCC2CCCCO2)C1(C)C. The maximum Gasteiger partial charge on any atom is 0.0699 e. The summed E-state index contributed by atoms with van der Waals surface area (Å²) in [5.74, 6) is 0. The van der Waals surface area contributed by atoms with Crippen molar-refractivity contribution in [1.29, 1.82) is 0 Å². The fourth-order valence-corrected chi connectivity index (χ4v) is 2.87. The molecule has 0 amide bonds. The second-order valence-electron chi connectivity index (χ2n) is 5.73. The average molecular weight is 227 g/mol. The smallest absolute Gasteiger partial charge is 0.0699 e. The first kappa shape index (κ1) is 12.3. The molecule has 3 atom stereocenters. The van der Waals surface area contributed by atoms with Crippen LogP contribution in [0.15, 0.2) is 0 Å². The molecule has 1 saturated heterocycles. The monoisotopic (exact) mass is 227 g/mol. The predicted molar refractivity (Wildman–Crippen MR) is 64.6 cm³/mol. The summed E-state index contributed by atoms with van der Waals surface area (Å²) in [6, 6.07) is 0.586. The molecule has 94 valence electrons. The molecule has 0 bridgehead atoms. The van der Waals surface area contributed by atoms with E-state index in [0.717, 1.165) is 19.6 Å². The van der Waals surface area contributed by atoms with Gasteiger partial charge in [0.1, 0.15) is 0 Å². The fraction of sp³-hybridized carbons (Fsp3) is 1.00. The molecule has 1 N–H and O–H groups in total. The lowest BCUT2D eigenvalue weighted by Crippen LogP contribution is -2.61. The Hall–Kier alpha value is -0.120. The quantitative estimate of drug-likeness (QED) is 0.796. The van der Waals surface area contributed by atoms with Gasteiger partial charge in [0.05, 0.1) is 12.2 Å². The third-order valence-corrected chi connectivity index (χ3v) is 4.33. The number of hydrogen-bond acceptors (Lipinski definition) is 3. The molecule has 0 aromatic carbocycles. The van der Waals surface area contributed by atoms with E-state index in [0.29, 0.717) is 18.2 Å². The molecule has 1 aliphatic carbocycles. The van der Waals surface area contributed by atoms with Crippen LogP contribution in [0.3, 0.4) is 0 Å². The van der Waals surface area contributed by atoms with Crippen molar-refractivity contribution in [3.63, 3.8) is 0 Å². The zero-order valence-electron chi connectivity index (χ0n) is 10.8. The van der Waals surface area contributed by atoms with Crippen molar-refractivity contribution in [3.8, 4) is 0 Å². The maximum absolute atomic E-state index is 5.72. The van der Waals surface area contributed by atoms with E-state index in [2.05, 4.69) is 19.2 Å². The third kappa shape index (κ3) is 2.41. The molecule has 1 heterocycles. The summed E-state index contributed by atoms with van der Waals surface area (Å²) < 4.78 is 11.2. The third-order valence-electron chi connectivity index (χ3n) is 4.33. The van der Waals surface area contributed by atoms with Gasteiger partial charge in [-0.25, -0.2) is 0 Å². The molecule has 2 fully saturated rings. The summed E-state index contributed by atoms with van der Waals surface area (Å²) in [4.78, 5) is 0. The maximum atomic E-state index is 5.72. The van der Waals surface area contributed by atoms with Crippen molar-refractivity contribution in [3.05, 3.63) is 0 Å². The number of ether oxygens (including phenoxy) is 2. The standard InChI is InChI=1S/C13H25NO2/c1-13(2)11(8-12(13)15-3)14-9-10-6-4-5-7-16-10/h10-12,14H,4-9H2,1-3H3. The van der Waals surface area contributed by atoms with Crippen molar-refractivity contribution in [2.45, 2.75) is 57.8 Å². The van der Waals surface area contributed by atoms with E-state index in [9.17, 15) is 0 Å². The average Bonchev–Trinajstić information content (AvgIpc) is 2.29. The van der Waals surface area contributed by atoms with Crippen molar-refractivity contribution < 1.29 is 9.47 Å². The van der Waals surface area contributed by atoms with Crippen LogP contribution in [0.4, 0.5) is 0 Å². The molecule has 2 rings (SSSR count). The van der Waals surface area contributed by atoms with Gasteiger partial charge in [-0.1, -0.05) is 13.8 Å². The van der Waals surface area contributed by atoms with Crippen LogP contribution in [0.1, 0.15) is 39.5 Å². The van der Waals surface area contributed by atoms with Gasteiger partial charge >= 0.3 is 0 Å². The molecule has 0 spiro atoms. The van der Waals surface area contributed by atoms with E-state index in [-0.39, 0.29) is 5.41 Å². The first-order valence-electron chi connectivity index (χ1n) is 6.52. The summed E-state index contributed by atoms with van der Waals surface area (Å²) >= 11 is 0. The van der Waals surface area contributed by atoms with Crippen LogP contribution >= 0.6 is 0 Å². The fourth-order valence-electron chi connectivity index (χ4n) is 2.87. The van der Waals surface area contributed by atoms with Gasteiger partial charge in [0.2, 0.25) is 0 Å². The van der Waals surface area contributed by atoms with Gasteiger partial charge in [-0.05, 0) is 25.7 Å². The Balaban J connectivity index is 1.71. The van der Waals surface area contributed by atoms with Gasteiger partial charge in [0.15, 0.2) is 0 Å². The Kier molecular flexibility index (Phi) is 3.88. The largest absolute Gasteiger partial charge is 0.381 e. The van der Waals surface area contributed by atoms with Crippen molar-refractivity contribution >= 4 is 0 Å². The molecule has 0 radical (unpaired) electrons. The van der Waals surface area contributed by atoms with Gasteiger partial charge in [-0.2, -0.15) is 0 Å². The summed E-state index contributed by atoms with van der Waals surface area (Å²) in [5.41, 5.74) is 0.267. The summed E-state index contributed by atoms with van der Waals surface area (Å²) in [7, 11) is 1.81. The van der Waals surface area contributed by atoms with Gasteiger partial charge < -0.3 is 14.8 Å². The highest BCUT2D eigenvalue weighted by Crippen LogP contribution is 2.42. The lowest BCUT2D eigenvalue weighted by Gasteiger charge is -2.51. The summed E-state index contributed by atoms with van der Waals surface area (Å²) in [6.07, 6.45) is 5.76. The molecule has 3 unspecified atom stereocenters. The van der Waals surface area contributed by atoms with Crippen LogP contribution in [-0.4, -0.2) is 38.5 Å². The summed E-state index contributed by atoms with van der Waals surface area (Å²) in [6.45, 7) is 6.51. The second-order valence-corrected chi connectivity index (χ2v) is 5.73. The molecule has 1 aliphatic heterocycles. The Labute approximate surface area is 98.9 Å². The highest BCUT2D eigenvalue weighted by molar-refractivity contribution is 5.02. The topological polar surface area (TPSA) is 30.5 Å². The lowest BCUT2D eigenvalue weighted by molar-refractivity contribution is -0.101. The molecule has 1 saturated carbocycles. The minimum Gasteiger partial charge on any atom is -0.381 e. The Morgan fingerprint density at radius 1 is 1.38 bits per heavy atom. The highest BCUT2D eigenvalue weighted by atomic mass is 16.5. The normalized spacial score (nSPS) is 38.1.